The maximum atomic E-state index is 13.5. The molecule has 0 aliphatic carbocycles. The molecule has 0 spiro atoms. The van der Waals surface area contributed by atoms with Crippen LogP contribution in [-0.4, -0.2) is 29.3 Å². The van der Waals surface area contributed by atoms with E-state index in [9.17, 15) is 13.6 Å². The van der Waals surface area contributed by atoms with Crippen LogP contribution >= 0.6 is 11.6 Å². The molecule has 1 unspecified atom stereocenters. The maximum Gasteiger partial charge on any atom is 0.257 e. The molecule has 0 N–H and O–H groups in total. The van der Waals surface area contributed by atoms with Gasteiger partial charge in [-0.05, 0) is 25.0 Å². The lowest BCUT2D eigenvalue weighted by molar-refractivity contribution is 0.0744. The highest BCUT2D eigenvalue weighted by molar-refractivity contribution is 6.18. The summed E-state index contributed by atoms with van der Waals surface area (Å²) >= 11 is 5.75. The standard InChI is InChI=1S/C12H12ClF2NO/c13-7-9-2-1-5-16(9)12(17)10-4-3-8(14)6-11(10)15/h3-4,6,9H,1-2,5,7H2. The van der Waals surface area contributed by atoms with Crippen LogP contribution in [-0.2, 0) is 0 Å². The van der Waals surface area contributed by atoms with Gasteiger partial charge in [0, 0.05) is 24.5 Å². The van der Waals surface area contributed by atoms with E-state index in [2.05, 4.69) is 0 Å². The van der Waals surface area contributed by atoms with Gasteiger partial charge in [0.2, 0.25) is 0 Å². The zero-order valence-corrected chi connectivity index (χ0v) is 9.88. The van der Waals surface area contributed by atoms with E-state index >= 15 is 0 Å². The van der Waals surface area contributed by atoms with Crippen molar-refractivity contribution in [2.24, 2.45) is 0 Å². The molecule has 1 aliphatic rings. The van der Waals surface area contributed by atoms with E-state index in [0.717, 1.165) is 25.0 Å². The predicted molar refractivity (Wildman–Crippen MR) is 61.1 cm³/mol. The average Bonchev–Trinajstić information content (AvgIpc) is 2.76. The summed E-state index contributed by atoms with van der Waals surface area (Å²) in [6.45, 7) is 0.576. The minimum Gasteiger partial charge on any atom is -0.334 e. The van der Waals surface area contributed by atoms with Crippen molar-refractivity contribution in [1.29, 1.82) is 0 Å². The lowest BCUT2D eigenvalue weighted by Gasteiger charge is -2.23. The molecule has 1 atom stereocenters. The summed E-state index contributed by atoms with van der Waals surface area (Å²) in [5.74, 6) is -1.58. The van der Waals surface area contributed by atoms with Crippen molar-refractivity contribution < 1.29 is 13.6 Å². The van der Waals surface area contributed by atoms with Gasteiger partial charge < -0.3 is 4.90 Å². The van der Waals surface area contributed by atoms with Gasteiger partial charge in [0.15, 0.2) is 0 Å². The molecule has 92 valence electrons. The smallest absolute Gasteiger partial charge is 0.257 e. The zero-order valence-electron chi connectivity index (χ0n) is 9.13. The summed E-state index contributed by atoms with van der Waals surface area (Å²) in [5.41, 5.74) is -0.0941. The normalized spacial score (nSPS) is 19.7. The molecule has 17 heavy (non-hydrogen) atoms. The van der Waals surface area contributed by atoms with Crippen LogP contribution in [0.1, 0.15) is 23.2 Å². The highest BCUT2D eigenvalue weighted by Gasteiger charge is 2.29. The van der Waals surface area contributed by atoms with Crippen molar-refractivity contribution in [3.8, 4) is 0 Å². The fraction of sp³-hybridized carbons (Fsp3) is 0.417. The van der Waals surface area contributed by atoms with Gasteiger partial charge in [0.25, 0.3) is 5.91 Å². The van der Waals surface area contributed by atoms with Crippen molar-refractivity contribution in [2.45, 2.75) is 18.9 Å². The Kier molecular flexibility index (Phi) is 3.62. The van der Waals surface area contributed by atoms with E-state index in [1.54, 1.807) is 4.90 Å². The van der Waals surface area contributed by atoms with Gasteiger partial charge in [-0.3, -0.25) is 4.79 Å². The van der Waals surface area contributed by atoms with Gasteiger partial charge in [-0.25, -0.2) is 8.78 Å². The fourth-order valence-corrected chi connectivity index (χ4v) is 2.40. The SMILES string of the molecule is O=C(c1ccc(F)cc1F)N1CCCC1CCl. The highest BCUT2D eigenvalue weighted by atomic mass is 35.5. The Labute approximate surface area is 103 Å². The van der Waals surface area contributed by atoms with Crippen LogP contribution in [0.3, 0.4) is 0 Å². The predicted octanol–water partition coefficient (Wildman–Crippen LogP) is 2.81. The lowest BCUT2D eigenvalue weighted by atomic mass is 10.1. The molecule has 1 aromatic carbocycles. The molecule has 1 heterocycles. The van der Waals surface area contributed by atoms with E-state index in [1.807, 2.05) is 0 Å². The van der Waals surface area contributed by atoms with E-state index < -0.39 is 17.5 Å². The molecule has 0 aromatic heterocycles. The number of alkyl halides is 1. The zero-order chi connectivity index (χ0) is 12.4. The lowest BCUT2D eigenvalue weighted by Crippen LogP contribution is -2.37. The quantitative estimate of drug-likeness (QED) is 0.748. The topological polar surface area (TPSA) is 20.3 Å². The summed E-state index contributed by atoms with van der Waals surface area (Å²) in [6.07, 6.45) is 1.70. The summed E-state index contributed by atoms with van der Waals surface area (Å²) < 4.78 is 26.2. The Hall–Kier alpha value is -1.16. The molecule has 2 nitrogen and oxygen atoms in total. The van der Waals surface area contributed by atoms with E-state index in [4.69, 9.17) is 11.6 Å². The maximum absolute atomic E-state index is 13.5. The molecule has 5 heteroatoms. The van der Waals surface area contributed by atoms with Gasteiger partial charge in [-0.2, -0.15) is 0 Å². The van der Waals surface area contributed by atoms with E-state index in [0.29, 0.717) is 12.4 Å². The first-order valence-corrected chi connectivity index (χ1v) is 5.99. The first-order chi connectivity index (χ1) is 8.13. The van der Waals surface area contributed by atoms with Crippen LogP contribution in [0.2, 0.25) is 0 Å². The van der Waals surface area contributed by atoms with Crippen molar-refractivity contribution in [3.05, 3.63) is 35.4 Å². The van der Waals surface area contributed by atoms with Gasteiger partial charge in [-0.15, -0.1) is 11.6 Å². The first kappa shape index (κ1) is 12.3. The molecule has 0 saturated carbocycles. The number of nitrogens with zero attached hydrogens (tertiary/aromatic N) is 1. The van der Waals surface area contributed by atoms with Crippen LogP contribution in [0.5, 0.6) is 0 Å². The van der Waals surface area contributed by atoms with Crippen molar-refractivity contribution >= 4 is 17.5 Å². The molecule has 1 fully saturated rings. The Bertz CT molecular complexity index is 439. The molecular weight excluding hydrogens is 248 g/mol. The number of hydrogen-bond donors (Lipinski definition) is 0. The van der Waals surface area contributed by atoms with Crippen LogP contribution < -0.4 is 0 Å². The molecule has 0 bridgehead atoms. The minimum atomic E-state index is -0.824. The van der Waals surface area contributed by atoms with Gasteiger partial charge in [0.1, 0.15) is 11.6 Å². The molecule has 1 saturated heterocycles. The number of likely N-dealkylation sites (tertiary alicyclic amines) is 1. The first-order valence-electron chi connectivity index (χ1n) is 5.45. The second-order valence-electron chi connectivity index (χ2n) is 4.07. The summed E-state index contributed by atoms with van der Waals surface area (Å²) in [7, 11) is 0. The number of rotatable bonds is 2. The Balaban J connectivity index is 2.24. The minimum absolute atomic E-state index is 0.0476. The second-order valence-corrected chi connectivity index (χ2v) is 4.38. The number of benzene rings is 1. The van der Waals surface area contributed by atoms with Crippen LogP contribution in [0.15, 0.2) is 18.2 Å². The summed E-state index contributed by atoms with van der Waals surface area (Å²) in [4.78, 5) is 13.6. The van der Waals surface area contributed by atoms with E-state index in [1.165, 1.54) is 6.07 Å². The van der Waals surface area contributed by atoms with Crippen LogP contribution in [0.25, 0.3) is 0 Å². The average molecular weight is 260 g/mol. The van der Waals surface area contributed by atoms with Crippen LogP contribution in [0.4, 0.5) is 8.78 Å². The monoisotopic (exact) mass is 259 g/mol. The third-order valence-electron chi connectivity index (χ3n) is 2.98. The fourth-order valence-electron chi connectivity index (χ4n) is 2.08. The van der Waals surface area contributed by atoms with Gasteiger partial charge >= 0.3 is 0 Å². The number of halogens is 3. The molecule has 2 rings (SSSR count). The van der Waals surface area contributed by atoms with Gasteiger partial charge in [-0.1, -0.05) is 0 Å². The Morgan fingerprint density at radius 2 is 2.24 bits per heavy atom. The highest BCUT2D eigenvalue weighted by Crippen LogP contribution is 2.22. The van der Waals surface area contributed by atoms with Crippen molar-refractivity contribution in [1.82, 2.24) is 4.90 Å². The number of amides is 1. The van der Waals surface area contributed by atoms with Crippen molar-refractivity contribution in [2.75, 3.05) is 12.4 Å². The third-order valence-corrected chi connectivity index (χ3v) is 3.33. The van der Waals surface area contributed by atoms with Crippen molar-refractivity contribution in [3.63, 3.8) is 0 Å². The summed E-state index contributed by atoms with van der Waals surface area (Å²) in [5, 5.41) is 0. The summed E-state index contributed by atoms with van der Waals surface area (Å²) in [6, 6.07) is 2.94. The number of carbonyl (C=O) groups is 1. The van der Waals surface area contributed by atoms with Crippen LogP contribution in [0, 0.1) is 11.6 Å². The Morgan fingerprint density at radius 3 is 2.88 bits per heavy atom. The number of hydrogen-bond acceptors (Lipinski definition) is 1. The second kappa shape index (κ2) is 5.00. The molecule has 1 aromatic rings. The Morgan fingerprint density at radius 1 is 1.47 bits per heavy atom. The van der Waals surface area contributed by atoms with Gasteiger partial charge in [0.05, 0.1) is 5.56 Å². The molecule has 1 aliphatic heterocycles. The largest absolute Gasteiger partial charge is 0.334 e. The number of carbonyl (C=O) groups excluding carboxylic acids is 1. The van der Waals surface area contributed by atoms with E-state index in [-0.39, 0.29) is 11.6 Å². The molecule has 0 radical (unpaired) electrons. The third kappa shape index (κ3) is 2.41. The molecule has 1 amide bonds. The molecular formula is C12H12ClF2NO.